The van der Waals surface area contributed by atoms with Crippen molar-refractivity contribution in [3.63, 3.8) is 0 Å². The van der Waals surface area contributed by atoms with E-state index in [1.807, 2.05) is 18.2 Å². The van der Waals surface area contributed by atoms with E-state index in [1.54, 1.807) is 19.1 Å². The molecule has 0 aromatic carbocycles. The van der Waals surface area contributed by atoms with Gasteiger partial charge in [-0.25, -0.2) is 4.79 Å². The minimum absolute atomic E-state index is 0.0618. The van der Waals surface area contributed by atoms with Crippen molar-refractivity contribution in [2.75, 3.05) is 19.7 Å². The van der Waals surface area contributed by atoms with Gasteiger partial charge in [-0.2, -0.15) is 15.8 Å². The smallest absolute Gasteiger partial charge is 0.410 e. The van der Waals surface area contributed by atoms with Gasteiger partial charge in [0.25, 0.3) is 0 Å². The average Bonchev–Trinajstić information content (AvgIpc) is 3.21. The van der Waals surface area contributed by atoms with Gasteiger partial charge in [0.1, 0.15) is 6.07 Å². The van der Waals surface area contributed by atoms with Crippen LogP contribution in [0.1, 0.15) is 18.4 Å². The van der Waals surface area contributed by atoms with Gasteiger partial charge in [-0.15, -0.1) is 0 Å². The zero-order valence-electron chi connectivity index (χ0n) is 14.7. The Morgan fingerprint density at radius 3 is 2.74 bits per heavy atom. The first-order chi connectivity index (χ1) is 13.0. The Morgan fingerprint density at radius 1 is 1.44 bits per heavy atom. The van der Waals surface area contributed by atoms with Gasteiger partial charge in [0.05, 0.1) is 42.5 Å². The molecule has 2 atom stereocenters. The average molecular weight is 363 g/mol. The number of rotatable bonds is 2. The van der Waals surface area contributed by atoms with Gasteiger partial charge in [-0.05, 0) is 24.1 Å². The fourth-order valence-corrected chi connectivity index (χ4v) is 3.87. The summed E-state index contributed by atoms with van der Waals surface area (Å²) in [5, 5.41) is 29.4. The Bertz CT molecular complexity index is 925. The third-order valence-electron chi connectivity index (χ3n) is 5.09. The summed E-state index contributed by atoms with van der Waals surface area (Å²) in [6.07, 6.45) is 4.16. The molecule has 0 radical (unpaired) electrons. The molecule has 27 heavy (non-hydrogen) atoms. The maximum absolute atomic E-state index is 12.2. The first-order valence-electron chi connectivity index (χ1n) is 8.41. The van der Waals surface area contributed by atoms with Crippen LogP contribution in [0.15, 0.2) is 45.9 Å². The number of furan rings is 1. The zero-order valence-corrected chi connectivity index (χ0v) is 14.7. The molecule has 0 unspecified atom stereocenters. The zero-order chi connectivity index (χ0) is 19.6. The molecule has 1 aromatic heterocycles. The minimum atomic E-state index is -1.74. The van der Waals surface area contributed by atoms with Crippen molar-refractivity contribution in [1.29, 1.82) is 15.8 Å². The quantitative estimate of drug-likeness (QED) is 0.848. The molecule has 3 rings (SSSR count). The van der Waals surface area contributed by atoms with E-state index in [0.717, 1.165) is 0 Å². The molecule has 1 aliphatic heterocycles. The number of allylic oxidation sites excluding steroid dienone is 2. The Balaban J connectivity index is 2.20. The topological polar surface area (TPSA) is 140 Å². The number of hydrogen-bond acceptors (Lipinski definition) is 7. The number of nitrogens with two attached hydrogens (primary N) is 1. The van der Waals surface area contributed by atoms with Gasteiger partial charge in [-0.3, -0.25) is 0 Å². The van der Waals surface area contributed by atoms with Crippen molar-refractivity contribution < 1.29 is 13.9 Å². The predicted molar refractivity (Wildman–Crippen MR) is 92.1 cm³/mol. The summed E-state index contributed by atoms with van der Waals surface area (Å²) in [6.45, 7) is 2.40. The summed E-state index contributed by atoms with van der Waals surface area (Å²) in [5.41, 5.74) is 5.75. The number of fused-ring (bicyclic) bond motifs is 1. The van der Waals surface area contributed by atoms with Crippen LogP contribution in [0.5, 0.6) is 0 Å². The summed E-state index contributed by atoms with van der Waals surface area (Å²) < 4.78 is 10.2. The van der Waals surface area contributed by atoms with Crippen molar-refractivity contribution in [2.45, 2.75) is 12.8 Å². The van der Waals surface area contributed by atoms with Crippen LogP contribution in [0.2, 0.25) is 0 Å². The van der Waals surface area contributed by atoms with E-state index in [4.69, 9.17) is 14.9 Å². The molecule has 0 bridgehead atoms. The van der Waals surface area contributed by atoms with Crippen LogP contribution in [0.3, 0.4) is 0 Å². The highest BCUT2D eigenvalue weighted by atomic mass is 16.6. The third-order valence-corrected chi connectivity index (χ3v) is 5.09. The predicted octanol–water partition coefficient (Wildman–Crippen LogP) is 2.16. The van der Waals surface area contributed by atoms with Crippen molar-refractivity contribution >= 4 is 6.09 Å². The summed E-state index contributed by atoms with van der Waals surface area (Å²) in [5.74, 6) is -1.16. The molecule has 136 valence electrons. The molecule has 8 heteroatoms. The summed E-state index contributed by atoms with van der Waals surface area (Å²) in [7, 11) is 0. The third kappa shape index (κ3) is 2.61. The first-order valence-corrected chi connectivity index (χ1v) is 8.41. The van der Waals surface area contributed by atoms with E-state index in [9.17, 15) is 20.6 Å². The SMILES string of the molecule is CCOC(=O)N1CC=C2C(C#N)=C(N)C(C#N)(C#N)[C@@H](c3ccoc3)[C@H]2C1. The van der Waals surface area contributed by atoms with Crippen molar-refractivity contribution in [3.05, 3.63) is 47.1 Å². The van der Waals surface area contributed by atoms with Gasteiger partial charge >= 0.3 is 6.09 Å². The molecule has 0 saturated carbocycles. The van der Waals surface area contributed by atoms with Crippen molar-refractivity contribution in [1.82, 2.24) is 4.90 Å². The Labute approximate surface area is 156 Å². The Hall–Kier alpha value is -3.70. The number of ether oxygens (including phenoxy) is 1. The Morgan fingerprint density at radius 2 is 2.19 bits per heavy atom. The number of carbonyl (C=O) groups is 1. The van der Waals surface area contributed by atoms with Crippen LogP contribution in [0.4, 0.5) is 4.79 Å². The normalized spacial score (nSPS) is 23.3. The number of hydrogen-bond donors (Lipinski definition) is 1. The molecular formula is C19H17N5O3. The fraction of sp³-hybridized carbons (Fsp3) is 0.368. The van der Waals surface area contributed by atoms with Gasteiger partial charge in [0, 0.05) is 24.9 Å². The number of carbonyl (C=O) groups excluding carboxylic acids is 1. The lowest BCUT2D eigenvalue weighted by molar-refractivity contribution is 0.0999. The van der Waals surface area contributed by atoms with Crippen LogP contribution < -0.4 is 5.73 Å². The standard InChI is InChI=1S/C19H17N5O3/c1-2-27-18(25)24-5-3-13-14(7-20)17(23)19(10-21,11-22)16(15(13)8-24)12-4-6-26-9-12/h3-4,6,9,15-16H,2,5,8,23H2,1H3/t15-,16-/m0/s1. The Kier molecular flexibility index (Phi) is 4.62. The molecule has 1 aliphatic carbocycles. The van der Waals surface area contributed by atoms with Crippen LogP contribution in [0.25, 0.3) is 0 Å². The second-order valence-corrected chi connectivity index (χ2v) is 6.34. The van der Waals surface area contributed by atoms with Crippen LogP contribution >= 0.6 is 0 Å². The largest absolute Gasteiger partial charge is 0.472 e. The van der Waals surface area contributed by atoms with Crippen LogP contribution in [0, 0.1) is 45.3 Å². The highest BCUT2D eigenvalue weighted by Crippen LogP contribution is 2.54. The van der Waals surface area contributed by atoms with Crippen LogP contribution in [-0.4, -0.2) is 30.7 Å². The maximum Gasteiger partial charge on any atom is 0.410 e. The number of amides is 1. The molecule has 0 spiro atoms. The van der Waals surface area contributed by atoms with E-state index in [2.05, 4.69) is 0 Å². The second kappa shape index (κ2) is 6.90. The lowest BCUT2D eigenvalue weighted by Gasteiger charge is -2.44. The van der Waals surface area contributed by atoms with E-state index >= 15 is 0 Å². The highest BCUT2D eigenvalue weighted by Gasteiger charge is 2.55. The van der Waals surface area contributed by atoms with Crippen molar-refractivity contribution in [2.24, 2.45) is 17.1 Å². The molecule has 8 nitrogen and oxygen atoms in total. The van der Waals surface area contributed by atoms with Gasteiger partial charge in [-0.1, -0.05) is 6.08 Å². The van der Waals surface area contributed by atoms with Crippen LogP contribution in [-0.2, 0) is 4.74 Å². The van der Waals surface area contributed by atoms with Crippen molar-refractivity contribution in [3.8, 4) is 18.2 Å². The number of nitrogens with zero attached hydrogens (tertiary/aromatic N) is 4. The molecule has 1 amide bonds. The van der Waals surface area contributed by atoms with E-state index < -0.39 is 23.3 Å². The molecule has 2 N–H and O–H groups in total. The molecule has 0 fully saturated rings. The van der Waals surface area contributed by atoms with Gasteiger partial charge in [0.2, 0.25) is 0 Å². The molecule has 2 heterocycles. The highest BCUT2D eigenvalue weighted by molar-refractivity contribution is 5.69. The minimum Gasteiger partial charge on any atom is -0.472 e. The summed E-state index contributed by atoms with van der Waals surface area (Å²) in [6, 6.07) is 7.75. The van der Waals surface area contributed by atoms with Gasteiger partial charge < -0.3 is 19.8 Å². The summed E-state index contributed by atoms with van der Waals surface area (Å²) >= 11 is 0. The molecule has 1 aromatic rings. The molecular weight excluding hydrogens is 346 g/mol. The lowest BCUT2D eigenvalue weighted by Crippen LogP contribution is -2.49. The van der Waals surface area contributed by atoms with E-state index in [0.29, 0.717) is 11.1 Å². The maximum atomic E-state index is 12.2. The lowest BCUT2D eigenvalue weighted by atomic mass is 9.58. The first kappa shape index (κ1) is 18.1. The summed E-state index contributed by atoms with van der Waals surface area (Å²) in [4.78, 5) is 13.7. The molecule has 2 aliphatic rings. The second-order valence-electron chi connectivity index (χ2n) is 6.34. The fourth-order valence-electron chi connectivity index (χ4n) is 3.87. The molecule has 0 saturated heterocycles. The van der Waals surface area contributed by atoms with E-state index in [1.165, 1.54) is 17.4 Å². The monoisotopic (exact) mass is 363 g/mol. The van der Waals surface area contributed by atoms with Gasteiger partial charge in [0.15, 0.2) is 5.41 Å². The van der Waals surface area contributed by atoms with E-state index in [-0.39, 0.29) is 31.0 Å². The number of nitriles is 3.